The molecule has 0 rings (SSSR count). The summed E-state index contributed by atoms with van der Waals surface area (Å²) in [6.45, 7) is 7.16. The van der Waals surface area contributed by atoms with Gasteiger partial charge in [-0.05, 0) is 31.6 Å². The predicted molar refractivity (Wildman–Crippen MR) is 349 cm³/mol. The van der Waals surface area contributed by atoms with Crippen LogP contribution in [0, 0.1) is 5.92 Å². The van der Waals surface area contributed by atoms with Gasteiger partial charge in [-0.2, -0.15) is 0 Å². The number of ether oxygens (including phenoxy) is 4. The van der Waals surface area contributed by atoms with Crippen molar-refractivity contribution in [2.24, 2.45) is 5.92 Å². The minimum absolute atomic E-state index is 0.107. The summed E-state index contributed by atoms with van der Waals surface area (Å²) >= 11 is 0. The molecule has 3 N–H and O–H groups in total. The van der Waals surface area contributed by atoms with Crippen LogP contribution >= 0.6 is 15.6 Å². The number of phosphoric ester groups is 2. The van der Waals surface area contributed by atoms with Crippen molar-refractivity contribution < 1.29 is 80.2 Å². The van der Waals surface area contributed by atoms with Gasteiger partial charge in [0.1, 0.15) is 19.3 Å². The van der Waals surface area contributed by atoms with E-state index in [9.17, 15) is 43.2 Å². The Morgan fingerprint density at radius 2 is 0.529 bits per heavy atom. The zero-order chi connectivity index (χ0) is 64.2. The highest BCUT2D eigenvalue weighted by Gasteiger charge is 2.30. The van der Waals surface area contributed by atoms with E-state index >= 15 is 0 Å². The van der Waals surface area contributed by atoms with E-state index in [1.165, 1.54) is 167 Å². The molecule has 0 fully saturated rings. The van der Waals surface area contributed by atoms with Crippen molar-refractivity contribution in [1.82, 2.24) is 0 Å². The second kappa shape index (κ2) is 61.6. The number of hydrogen-bond donors (Lipinski definition) is 3. The molecule has 0 saturated heterocycles. The van der Waals surface area contributed by atoms with Gasteiger partial charge in [-0.25, -0.2) is 9.13 Å². The second-order valence-electron chi connectivity index (χ2n) is 25.0. The Morgan fingerprint density at radius 3 is 0.782 bits per heavy atom. The van der Waals surface area contributed by atoms with Crippen LogP contribution in [0.4, 0.5) is 0 Å². The molecule has 0 aromatic carbocycles. The van der Waals surface area contributed by atoms with Crippen molar-refractivity contribution in [1.29, 1.82) is 0 Å². The number of esters is 4. The zero-order valence-electron chi connectivity index (χ0n) is 56.2. The van der Waals surface area contributed by atoms with Gasteiger partial charge in [0.05, 0.1) is 26.4 Å². The van der Waals surface area contributed by atoms with E-state index in [1.807, 2.05) is 0 Å². The van der Waals surface area contributed by atoms with Crippen molar-refractivity contribution in [3.05, 3.63) is 0 Å². The highest BCUT2D eigenvalue weighted by molar-refractivity contribution is 7.47. The first-order valence-corrected chi connectivity index (χ1v) is 38.6. The molecule has 0 aromatic heterocycles. The number of rotatable bonds is 68. The molecular weight excluding hydrogens is 1150 g/mol. The molecule has 0 saturated carbocycles. The first kappa shape index (κ1) is 85.1. The molecule has 0 aliphatic carbocycles. The van der Waals surface area contributed by atoms with E-state index in [-0.39, 0.29) is 25.7 Å². The summed E-state index contributed by atoms with van der Waals surface area (Å²) in [5, 5.41) is 10.5. The number of aliphatic hydroxyl groups excluding tert-OH is 1. The molecule has 19 heteroatoms. The summed E-state index contributed by atoms with van der Waals surface area (Å²) in [7, 11) is -9.89. The fraction of sp³-hybridized carbons (Fsp3) is 0.941. The Bertz CT molecular complexity index is 1690. The van der Waals surface area contributed by atoms with Crippen LogP contribution in [-0.2, 0) is 65.4 Å². The Hall–Kier alpha value is -1.94. The first-order valence-electron chi connectivity index (χ1n) is 35.6. The van der Waals surface area contributed by atoms with Crippen LogP contribution in [0.5, 0.6) is 0 Å². The van der Waals surface area contributed by atoms with Crippen LogP contribution in [0.2, 0.25) is 0 Å². The average Bonchev–Trinajstić information content (AvgIpc) is 3.51. The van der Waals surface area contributed by atoms with Crippen LogP contribution in [0.15, 0.2) is 0 Å². The third-order valence-electron chi connectivity index (χ3n) is 15.8. The van der Waals surface area contributed by atoms with Crippen LogP contribution < -0.4 is 0 Å². The molecule has 17 nitrogen and oxygen atoms in total. The lowest BCUT2D eigenvalue weighted by Gasteiger charge is -2.21. The van der Waals surface area contributed by atoms with Crippen molar-refractivity contribution >= 4 is 39.5 Å². The zero-order valence-corrected chi connectivity index (χ0v) is 57.9. The standard InChI is InChI=1S/C68H132O17P2/c1-6-9-12-15-17-19-21-23-25-29-33-37-42-47-52-66(71)79-58-64(85-68(73)54-49-44-39-35-31-27-28-32-36-41-45-50-61(4)5)60-83-87(76,77)81-56-62(69)55-80-86(74,75)82-59-63(57-78-65(70)51-46-40-14-11-8-3)84-67(72)53-48-43-38-34-30-26-24-22-20-18-16-13-10-7-2/h61-64,69H,6-60H2,1-5H3,(H,74,75)(H,76,77)/t62-,63+,64+/m0/s1. The van der Waals surface area contributed by atoms with Crippen molar-refractivity contribution in [3.8, 4) is 0 Å². The van der Waals surface area contributed by atoms with Crippen molar-refractivity contribution in [2.45, 2.75) is 368 Å². The Morgan fingerprint density at radius 1 is 0.310 bits per heavy atom. The maximum absolute atomic E-state index is 13.0. The number of aliphatic hydroxyl groups is 1. The van der Waals surface area contributed by atoms with Crippen molar-refractivity contribution in [3.63, 3.8) is 0 Å². The van der Waals surface area contributed by atoms with Gasteiger partial charge in [0.15, 0.2) is 12.2 Å². The molecule has 0 radical (unpaired) electrons. The molecule has 0 aliphatic heterocycles. The normalized spacial score (nSPS) is 14.1. The Kier molecular flexibility index (Phi) is 60.2. The molecular formula is C68H132O17P2. The van der Waals surface area contributed by atoms with E-state index in [2.05, 4.69) is 34.6 Å². The molecule has 87 heavy (non-hydrogen) atoms. The van der Waals surface area contributed by atoms with E-state index in [1.54, 1.807) is 0 Å². The van der Waals surface area contributed by atoms with Crippen LogP contribution in [0.3, 0.4) is 0 Å². The fourth-order valence-electron chi connectivity index (χ4n) is 10.3. The van der Waals surface area contributed by atoms with Gasteiger partial charge in [0, 0.05) is 25.7 Å². The topological polar surface area (TPSA) is 237 Å². The molecule has 0 amide bonds. The maximum atomic E-state index is 13.0. The lowest BCUT2D eigenvalue weighted by Crippen LogP contribution is -2.30. The van der Waals surface area contributed by atoms with Crippen molar-refractivity contribution in [2.75, 3.05) is 39.6 Å². The summed E-state index contributed by atoms with van der Waals surface area (Å²) in [4.78, 5) is 72.2. The van der Waals surface area contributed by atoms with Gasteiger partial charge in [0.2, 0.25) is 0 Å². The van der Waals surface area contributed by atoms with E-state index < -0.39 is 97.5 Å². The average molecular weight is 1280 g/mol. The number of hydrogen-bond acceptors (Lipinski definition) is 15. The van der Waals surface area contributed by atoms with Gasteiger partial charge in [-0.3, -0.25) is 37.3 Å². The highest BCUT2D eigenvalue weighted by atomic mass is 31.2. The molecule has 516 valence electrons. The molecule has 5 atom stereocenters. The van der Waals surface area contributed by atoms with Gasteiger partial charge in [-0.1, -0.05) is 298 Å². The maximum Gasteiger partial charge on any atom is 0.472 e. The second-order valence-corrected chi connectivity index (χ2v) is 27.9. The smallest absolute Gasteiger partial charge is 0.462 e. The summed E-state index contributed by atoms with van der Waals surface area (Å²) in [5.41, 5.74) is 0. The Balaban J connectivity index is 5.16. The largest absolute Gasteiger partial charge is 0.472 e. The van der Waals surface area contributed by atoms with Gasteiger partial charge >= 0.3 is 39.5 Å². The van der Waals surface area contributed by atoms with Gasteiger partial charge < -0.3 is 33.8 Å². The highest BCUT2D eigenvalue weighted by Crippen LogP contribution is 2.45. The van der Waals surface area contributed by atoms with E-state index in [4.69, 9.17) is 37.0 Å². The number of phosphoric acid groups is 2. The summed E-state index contributed by atoms with van der Waals surface area (Å²) in [5.74, 6) is -1.37. The number of carbonyl (C=O) groups is 4. The molecule has 0 aliphatic rings. The summed E-state index contributed by atoms with van der Waals surface area (Å²) < 4.78 is 68.0. The van der Waals surface area contributed by atoms with Gasteiger partial charge in [0.25, 0.3) is 0 Å². The third-order valence-corrected chi connectivity index (χ3v) is 17.7. The Labute approximate surface area is 530 Å². The molecule has 0 heterocycles. The van der Waals surface area contributed by atoms with Crippen LogP contribution in [-0.4, -0.2) is 96.7 Å². The summed E-state index contributed by atoms with van der Waals surface area (Å²) in [6, 6.07) is 0. The van der Waals surface area contributed by atoms with Crippen LogP contribution in [0.25, 0.3) is 0 Å². The fourth-order valence-corrected chi connectivity index (χ4v) is 11.9. The molecule has 2 unspecified atom stereocenters. The lowest BCUT2D eigenvalue weighted by molar-refractivity contribution is -0.161. The SMILES string of the molecule is CCCCCCCCCCCCCCCCC(=O)OC[C@H](COP(=O)(O)OC[C@@H](O)COP(=O)(O)OC[C@@H](COC(=O)CCCCCCC)OC(=O)CCCCCCCCCCCCCCCC)OC(=O)CCCCCCCCCCCCCC(C)C. The van der Waals surface area contributed by atoms with E-state index in [0.29, 0.717) is 25.7 Å². The molecule has 0 aromatic rings. The predicted octanol–water partition coefficient (Wildman–Crippen LogP) is 19.4. The summed E-state index contributed by atoms with van der Waals surface area (Å²) in [6.07, 6.45) is 47.4. The quantitative estimate of drug-likeness (QED) is 0.0222. The number of carbonyl (C=O) groups excluding carboxylic acids is 4. The third kappa shape index (κ3) is 62.6. The van der Waals surface area contributed by atoms with Gasteiger partial charge in [-0.15, -0.1) is 0 Å². The van der Waals surface area contributed by atoms with E-state index in [0.717, 1.165) is 102 Å². The first-order chi connectivity index (χ1) is 42.0. The monoisotopic (exact) mass is 1280 g/mol. The lowest BCUT2D eigenvalue weighted by atomic mass is 10.0. The number of unbranched alkanes of at least 4 members (excludes halogenated alkanes) is 40. The van der Waals surface area contributed by atoms with Crippen LogP contribution in [0.1, 0.15) is 349 Å². The minimum atomic E-state index is -4.95. The molecule has 0 spiro atoms. The minimum Gasteiger partial charge on any atom is -0.462 e. The molecule has 0 bridgehead atoms.